The van der Waals surface area contributed by atoms with E-state index in [1.54, 1.807) is 4.22 Å². The van der Waals surface area contributed by atoms with E-state index >= 15 is 0 Å². The number of hydrogen-bond acceptors (Lipinski definition) is 1. The highest BCUT2D eigenvalue weighted by atomic mass is 127. The van der Waals surface area contributed by atoms with Crippen molar-refractivity contribution in [2.24, 2.45) is 9.98 Å². The second kappa shape index (κ2) is 5.74. The third kappa shape index (κ3) is 5.74. The van der Waals surface area contributed by atoms with Crippen LogP contribution in [0.15, 0.2) is 9.98 Å². The zero-order chi connectivity index (χ0) is 5.54. The smallest absolute Gasteiger partial charge is 0.117 e. The molecule has 0 unspecified atom stereocenters. The zero-order valence-electron chi connectivity index (χ0n) is 3.50. The maximum Gasteiger partial charge on any atom is 0.117 e. The van der Waals surface area contributed by atoms with Crippen LogP contribution < -0.4 is 0 Å². The van der Waals surface area contributed by atoms with E-state index in [-0.39, 0.29) is 0 Å². The van der Waals surface area contributed by atoms with Gasteiger partial charge in [0, 0.05) is 0 Å². The first-order valence-corrected chi connectivity index (χ1v) is 2.79. The summed E-state index contributed by atoms with van der Waals surface area (Å²) < 4.78 is 1.57. The highest BCUT2D eigenvalue weighted by Gasteiger charge is 1.54. The van der Waals surface area contributed by atoms with Crippen molar-refractivity contribution in [2.75, 3.05) is 0 Å². The Bertz CT molecular complexity index is 96.4. The molecule has 0 saturated carbocycles. The molecule has 0 spiro atoms. The summed E-state index contributed by atoms with van der Waals surface area (Å²) in [6.45, 7) is 0. The second-order valence-corrected chi connectivity index (χ2v) is 1.20. The molecule has 0 rings (SSSR count). The average molecular weight is 209 g/mol. The van der Waals surface area contributed by atoms with E-state index in [0.717, 1.165) is 6.34 Å². The summed E-state index contributed by atoms with van der Waals surface area (Å²) in [7, 11) is 0. The number of nitrogens with one attached hydrogen (secondary N) is 1. The fourth-order valence-electron chi connectivity index (χ4n) is 0.0970. The standard InChI is InChI=1S/C3H4IN3/c4-1-6-3-7-2-5/h1-3,5H. The van der Waals surface area contributed by atoms with Gasteiger partial charge in [0.15, 0.2) is 0 Å². The molecule has 0 amide bonds. The number of rotatable bonds is 2. The first kappa shape index (κ1) is 6.74. The number of hydrogen-bond donors (Lipinski definition) is 1. The Morgan fingerprint density at radius 1 is 1.43 bits per heavy atom. The Hall–Kier alpha value is -0.260. The van der Waals surface area contributed by atoms with E-state index in [2.05, 4.69) is 9.98 Å². The Kier molecular flexibility index (Phi) is 5.53. The predicted octanol–water partition coefficient (Wildman–Crippen LogP) is 1.09. The molecule has 0 aromatic carbocycles. The Morgan fingerprint density at radius 2 is 2.14 bits per heavy atom. The van der Waals surface area contributed by atoms with Gasteiger partial charge in [-0.25, -0.2) is 9.98 Å². The van der Waals surface area contributed by atoms with E-state index in [4.69, 9.17) is 5.41 Å². The fourth-order valence-corrected chi connectivity index (χ4v) is 0.241. The molecule has 0 heterocycles. The lowest BCUT2D eigenvalue weighted by Crippen LogP contribution is -1.63. The molecule has 7 heavy (non-hydrogen) atoms. The Balaban J connectivity index is 3.27. The van der Waals surface area contributed by atoms with Crippen LogP contribution in [-0.4, -0.2) is 16.9 Å². The molecule has 0 saturated heterocycles. The topological polar surface area (TPSA) is 48.6 Å². The fraction of sp³-hybridized carbons (Fsp3) is 0. The van der Waals surface area contributed by atoms with Gasteiger partial charge in [0.2, 0.25) is 0 Å². The van der Waals surface area contributed by atoms with Gasteiger partial charge in [0.05, 0.1) is 4.22 Å². The summed E-state index contributed by atoms with van der Waals surface area (Å²) >= 11 is 1.97. The quantitative estimate of drug-likeness (QED) is 0.402. The first-order chi connectivity index (χ1) is 3.41. The lowest BCUT2D eigenvalue weighted by Gasteiger charge is -1.65. The normalized spacial score (nSPS) is 11.0. The molecule has 0 aliphatic rings. The van der Waals surface area contributed by atoms with Gasteiger partial charge >= 0.3 is 0 Å². The Morgan fingerprint density at radius 3 is 2.57 bits per heavy atom. The molecule has 1 N–H and O–H groups in total. The van der Waals surface area contributed by atoms with Crippen LogP contribution in [0.3, 0.4) is 0 Å². The van der Waals surface area contributed by atoms with Crippen LogP contribution in [0.25, 0.3) is 0 Å². The minimum Gasteiger partial charge on any atom is -0.289 e. The van der Waals surface area contributed by atoms with Crippen LogP contribution in [0, 0.1) is 5.41 Å². The van der Waals surface area contributed by atoms with Crippen LogP contribution in [-0.2, 0) is 0 Å². The van der Waals surface area contributed by atoms with E-state index in [1.807, 2.05) is 22.6 Å². The summed E-state index contributed by atoms with van der Waals surface area (Å²) in [6.07, 6.45) is 2.24. The molecule has 0 radical (unpaired) electrons. The molecule has 4 heteroatoms. The van der Waals surface area contributed by atoms with Crippen molar-refractivity contribution in [1.29, 1.82) is 5.41 Å². The van der Waals surface area contributed by atoms with Gasteiger partial charge in [-0.1, -0.05) is 0 Å². The molecule has 3 nitrogen and oxygen atoms in total. The van der Waals surface area contributed by atoms with Crippen molar-refractivity contribution in [3.8, 4) is 0 Å². The van der Waals surface area contributed by atoms with Crippen molar-refractivity contribution in [3.05, 3.63) is 0 Å². The maximum absolute atomic E-state index is 6.38. The first-order valence-electron chi connectivity index (χ1n) is 1.54. The van der Waals surface area contributed by atoms with Crippen LogP contribution in [0.4, 0.5) is 0 Å². The lowest BCUT2D eigenvalue weighted by molar-refractivity contribution is 1.51. The summed E-state index contributed by atoms with van der Waals surface area (Å²) in [6, 6.07) is 0. The van der Waals surface area contributed by atoms with Crippen molar-refractivity contribution in [2.45, 2.75) is 0 Å². The molecule has 0 bridgehead atoms. The SMILES string of the molecule is N=CN=CN=CI. The van der Waals surface area contributed by atoms with Crippen molar-refractivity contribution in [3.63, 3.8) is 0 Å². The molecule has 0 atom stereocenters. The van der Waals surface area contributed by atoms with Gasteiger partial charge in [0.1, 0.15) is 12.7 Å². The van der Waals surface area contributed by atoms with Gasteiger partial charge in [-0.05, 0) is 22.6 Å². The summed E-state index contributed by atoms with van der Waals surface area (Å²) in [5.41, 5.74) is 0. The molecule has 0 aromatic heterocycles. The maximum atomic E-state index is 6.38. The van der Waals surface area contributed by atoms with E-state index < -0.39 is 0 Å². The third-order valence-corrected chi connectivity index (χ3v) is 0.586. The average Bonchev–Trinajstić information content (AvgIpc) is 1.69. The lowest BCUT2D eigenvalue weighted by atomic mass is 11.2. The van der Waals surface area contributed by atoms with E-state index in [0.29, 0.717) is 0 Å². The van der Waals surface area contributed by atoms with Gasteiger partial charge in [-0.2, -0.15) is 0 Å². The molecular formula is C3H4IN3. The minimum atomic E-state index is 0.934. The van der Waals surface area contributed by atoms with E-state index in [9.17, 15) is 0 Å². The van der Waals surface area contributed by atoms with Crippen LogP contribution in [0.2, 0.25) is 0 Å². The number of halogens is 1. The molecule has 0 aliphatic heterocycles. The molecule has 0 aromatic rings. The molecule has 0 fully saturated rings. The minimum absolute atomic E-state index is 0.934. The number of nitrogens with zero attached hydrogens (tertiary/aromatic N) is 2. The van der Waals surface area contributed by atoms with Gasteiger partial charge < -0.3 is 0 Å². The van der Waals surface area contributed by atoms with Crippen molar-refractivity contribution in [1.82, 2.24) is 0 Å². The Labute approximate surface area is 55.2 Å². The second-order valence-electron chi connectivity index (χ2n) is 0.640. The number of aliphatic imine (C=N–C) groups is 2. The van der Waals surface area contributed by atoms with Gasteiger partial charge in [0.25, 0.3) is 0 Å². The van der Waals surface area contributed by atoms with Crippen molar-refractivity contribution >= 4 is 39.5 Å². The van der Waals surface area contributed by atoms with Gasteiger partial charge in [-0.15, -0.1) is 0 Å². The van der Waals surface area contributed by atoms with E-state index in [1.165, 1.54) is 6.34 Å². The monoisotopic (exact) mass is 209 g/mol. The van der Waals surface area contributed by atoms with Crippen LogP contribution in [0.5, 0.6) is 0 Å². The predicted molar refractivity (Wildman–Crippen MR) is 39.8 cm³/mol. The third-order valence-electron chi connectivity index (χ3n) is 0.264. The van der Waals surface area contributed by atoms with Crippen LogP contribution >= 0.6 is 22.6 Å². The summed E-state index contributed by atoms with van der Waals surface area (Å²) in [4.78, 5) is 6.96. The summed E-state index contributed by atoms with van der Waals surface area (Å²) in [5, 5.41) is 6.38. The highest BCUT2D eigenvalue weighted by molar-refractivity contribution is 14.1. The highest BCUT2D eigenvalue weighted by Crippen LogP contribution is 1.67. The molecule has 0 aliphatic carbocycles. The molecule has 38 valence electrons. The zero-order valence-corrected chi connectivity index (χ0v) is 5.66. The molecular weight excluding hydrogens is 205 g/mol. The van der Waals surface area contributed by atoms with Gasteiger partial charge in [-0.3, -0.25) is 5.41 Å². The largest absolute Gasteiger partial charge is 0.289 e. The van der Waals surface area contributed by atoms with Crippen molar-refractivity contribution < 1.29 is 0 Å². The van der Waals surface area contributed by atoms with Crippen LogP contribution in [0.1, 0.15) is 0 Å². The summed E-state index contributed by atoms with van der Waals surface area (Å²) in [5.74, 6) is 0.